The third-order valence-corrected chi connectivity index (χ3v) is 4.17. The van der Waals surface area contributed by atoms with Gasteiger partial charge in [0.2, 0.25) is 11.7 Å². The SMILES string of the molecule is Cl.O[C@@H]1Cc2ccc(Cl)cc2C1NCc1nc(-c2ccco2)no1. The van der Waals surface area contributed by atoms with Gasteiger partial charge in [-0.05, 0) is 35.4 Å². The van der Waals surface area contributed by atoms with E-state index in [4.69, 9.17) is 20.5 Å². The molecule has 1 unspecified atom stereocenters. The van der Waals surface area contributed by atoms with Crippen LogP contribution in [0.1, 0.15) is 23.1 Å². The first-order chi connectivity index (χ1) is 11.2. The fraction of sp³-hybridized carbons (Fsp3) is 0.250. The molecule has 0 radical (unpaired) electrons. The first-order valence-electron chi connectivity index (χ1n) is 7.27. The predicted octanol–water partition coefficient (Wildman–Crippen LogP) is 3.15. The van der Waals surface area contributed by atoms with Gasteiger partial charge < -0.3 is 14.0 Å². The van der Waals surface area contributed by atoms with Gasteiger partial charge in [-0.25, -0.2) is 0 Å². The van der Waals surface area contributed by atoms with Crippen LogP contribution in [-0.4, -0.2) is 21.4 Å². The molecule has 3 aromatic rings. The van der Waals surface area contributed by atoms with Crippen molar-refractivity contribution < 1.29 is 14.0 Å². The second kappa shape index (κ2) is 6.94. The first-order valence-corrected chi connectivity index (χ1v) is 7.65. The Kier molecular flexibility index (Phi) is 4.91. The molecule has 1 aromatic carbocycles. The van der Waals surface area contributed by atoms with Gasteiger partial charge in [-0.3, -0.25) is 5.32 Å². The van der Waals surface area contributed by atoms with E-state index in [0.29, 0.717) is 35.5 Å². The number of aliphatic hydroxyl groups excluding tert-OH is 1. The van der Waals surface area contributed by atoms with Crippen molar-refractivity contribution in [3.8, 4) is 11.6 Å². The van der Waals surface area contributed by atoms with Crippen LogP contribution in [-0.2, 0) is 13.0 Å². The fourth-order valence-corrected chi connectivity index (χ4v) is 3.05. The van der Waals surface area contributed by atoms with Crippen molar-refractivity contribution in [1.82, 2.24) is 15.5 Å². The lowest BCUT2D eigenvalue weighted by atomic mass is 10.1. The van der Waals surface area contributed by atoms with Gasteiger partial charge in [0.1, 0.15) is 0 Å². The number of aliphatic hydroxyl groups is 1. The summed E-state index contributed by atoms with van der Waals surface area (Å²) in [5.41, 5.74) is 2.11. The normalized spacial score (nSPS) is 19.1. The maximum Gasteiger partial charge on any atom is 0.241 e. The van der Waals surface area contributed by atoms with Crippen molar-refractivity contribution in [3.63, 3.8) is 0 Å². The lowest BCUT2D eigenvalue weighted by Crippen LogP contribution is -2.28. The van der Waals surface area contributed by atoms with Crippen LogP contribution >= 0.6 is 24.0 Å². The molecule has 0 bridgehead atoms. The minimum Gasteiger partial charge on any atom is -0.461 e. The molecule has 2 heterocycles. The molecule has 4 rings (SSSR count). The van der Waals surface area contributed by atoms with Crippen molar-refractivity contribution >= 4 is 24.0 Å². The lowest BCUT2D eigenvalue weighted by molar-refractivity contribution is 0.138. The topological polar surface area (TPSA) is 84.3 Å². The van der Waals surface area contributed by atoms with E-state index in [2.05, 4.69) is 15.5 Å². The maximum absolute atomic E-state index is 10.2. The largest absolute Gasteiger partial charge is 0.461 e. The molecule has 2 aromatic heterocycles. The van der Waals surface area contributed by atoms with Crippen molar-refractivity contribution in [2.45, 2.75) is 25.1 Å². The summed E-state index contributed by atoms with van der Waals surface area (Å²) >= 11 is 6.05. The molecule has 8 heteroatoms. The molecule has 0 spiro atoms. The Balaban J connectivity index is 0.00000169. The Morgan fingerprint density at radius 2 is 2.21 bits per heavy atom. The average molecular weight is 368 g/mol. The predicted molar refractivity (Wildman–Crippen MR) is 90.0 cm³/mol. The molecule has 2 atom stereocenters. The number of furan rings is 1. The first kappa shape index (κ1) is 17.0. The Morgan fingerprint density at radius 3 is 3.00 bits per heavy atom. The van der Waals surface area contributed by atoms with Gasteiger partial charge in [0.25, 0.3) is 0 Å². The monoisotopic (exact) mass is 367 g/mol. The molecular formula is C16H15Cl2N3O3. The van der Waals surface area contributed by atoms with Gasteiger partial charge in [-0.15, -0.1) is 12.4 Å². The standard InChI is InChI=1S/C16H14ClN3O3.ClH/c17-10-4-3-9-6-12(21)15(11(9)7-10)18-8-14-19-16(20-23-14)13-2-1-5-22-13;/h1-5,7,12,15,18,21H,6,8H2;1H/t12-,15?;/m1./s1. The summed E-state index contributed by atoms with van der Waals surface area (Å²) in [7, 11) is 0. The number of nitrogens with zero attached hydrogens (tertiary/aromatic N) is 2. The van der Waals surface area contributed by atoms with Crippen LogP contribution in [0.25, 0.3) is 11.6 Å². The number of hydrogen-bond donors (Lipinski definition) is 2. The summed E-state index contributed by atoms with van der Waals surface area (Å²) in [5, 5.41) is 18.0. The molecular weight excluding hydrogens is 353 g/mol. The molecule has 1 aliphatic carbocycles. The molecule has 0 saturated heterocycles. The third-order valence-electron chi connectivity index (χ3n) is 3.94. The van der Waals surface area contributed by atoms with E-state index in [1.807, 2.05) is 18.2 Å². The zero-order valence-corrected chi connectivity index (χ0v) is 14.0. The molecule has 24 heavy (non-hydrogen) atoms. The van der Waals surface area contributed by atoms with Gasteiger partial charge in [0.15, 0.2) is 5.76 Å². The lowest BCUT2D eigenvalue weighted by Gasteiger charge is -2.16. The van der Waals surface area contributed by atoms with E-state index >= 15 is 0 Å². The smallest absolute Gasteiger partial charge is 0.241 e. The van der Waals surface area contributed by atoms with Crippen molar-refractivity contribution in [3.05, 3.63) is 58.6 Å². The van der Waals surface area contributed by atoms with Crippen molar-refractivity contribution in [1.29, 1.82) is 0 Å². The second-order valence-corrected chi connectivity index (χ2v) is 5.90. The zero-order chi connectivity index (χ0) is 15.8. The molecule has 6 nitrogen and oxygen atoms in total. The average Bonchev–Trinajstić information content (AvgIpc) is 3.24. The third kappa shape index (κ3) is 3.18. The van der Waals surface area contributed by atoms with Crippen LogP contribution in [0.5, 0.6) is 0 Å². The number of hydrogen-bond acceptors (Lipinski definition) is 6. The minimum atomic E-state index is -0.504. The van der Waals surface area contributed by atoms with Crippen molar-refractivity contribution in [2.75, 3.05) is 0 Å². The van der Waals surface area contributed by atoms with E-state index in [-0.39, 0.29) is 18.4 Å². The second-order valence-electron chi connectivity index (χ2n) is 5.46. The van der Waals surface area contributed by atoms with Gasteiger partial charge in [-0.2, -0.15) is 4.98 Å². The zero-order valence-electron chi connectivity index (χ0n) is 12.5. The summed E-state index contributed by atoms with van der Waals surface area (Å²) < 4.78 is 10.4. The van der Waals surface area contributed by atoms with Crippen LogP contribution in [0.15, 0.2) is 45.5 Å². The molecule has 126 valence electrons. The summed E-state index contributed by atoms with van der Waals surface area (Å²) in [4.78, 5) is 4.27. The van der Waals surface area contributed by atoms with E-state index in [9.17, 15) is 5.11 Å². The van der Waals surface area contributed by atoms with Crippen molar-refractivity contribution in [2.24, 2.45) is 0 Å². The molecule has 2 N–H and O–H groups in total. The van der Waals surface area contributed by atoms with Gasteiger partial charge in [0, 0.05) is 11.4 Å². The van der Waals surface area contributed by atoms with Crippen LogP contribution in [0.4, 0.5) is 0 Å². The van der Waals surface area contributed by atoms with E-state index in [0.717, 1.165) is 11.1 Å². The Bertz CT molecular complexity index is 820. The number of rotatable bonds is 4. The summed E-state index contributed by atoms with van der Waals surface area (Å²) in [6.07, 6.45) is 1.65. The van der Waals surface area contributed by atoms with Crippen LogP contribution in [0.3, 0.4) is 0 Å². The maximum atomic E-state index is 10.2. The van der Waals surface area contributed by atoms with Crippen LogP contribution in [0.2, 0.25) is 5.02 Å². The highest BCUT2D eigenvalue weighted by Gasteiger charge is 2.31. The van der Waals surface area contributed by atoms with Gasteiger partial charge in [-0.1, -0.05) is 22.8 Å². The summed E-state index contributed by atoms with van der Waals surface area (Å²) in [6, 6.07) is 8.99. The number of halogens is 2. The Morgan fingerprint density at radius 1 is 1.33 bits per heavy atom. The van der Waals surface area contributed by atoms with E-state index in [1.165, 1.54) is 0 Å². The molecule has 1 aliphatic rings. The minimum absolute atomic E-state index is 0. The van der Waals surface area contributed by atoms with E-state index < -0.39 is 6.10 Å². The number of nitrogens with one attached hydrogen (secondary N) is 1. The quantitative estimate of drug-likeness (QED) is 0.736. The van der Waals surface area contributed by atoms with E-state index in [1.54, 1.807) is 18.4 Å². The number of aromatic nitrogens is 2. The molecule has 0 aliphatic heterocycles. The molecule has 0 fully saturated rings. The fourth-order valence-electron chi connectivity index (χ4n) is 2.87. The van der Waals surface area contributed by atoms with Crippen LogP contribution in [0, 0.1) is 0 Å². The Hall–Kier alpha value is -1.86. The van der Waals surface area contributed by atoms with Gasteiger partial charge >= 0.3 is 0 Å². The number of fused-ring (bicyclic) bond motifs is 1. The highest BCUT2D eigenvalue weighted by Crippen LogP contribution is 2.33. The van der Waals surface area contributed by atoms with Crippen LogP contribution < -0.4 is 5.32 Å². The highest BCUT2D eigenvalue weighted by atomic mass is 35.5. The van der Waals surface area contributed by atoms with Gasteiger partial charge in [0.05, 0.1) is 25.0 Å². The number of benzene rings is 1. The highest BCUT2D eigenvalue weighted by molar-refractivity contribution is 6.30. The Labute approximate surface area is 149 Å². The molecule has 0 saturated carbocycles. The summed E-state index contributed by atoms with van der Waals surface area (Å²) in [6.45, 7) is 0.349. The summed E-state index contributed by atoms with van der Waals surface area (Å²) in [5.74, 6) is 1.39. The molecule has 0 amide bonds.